The molecule has 1 amide bonds. The van der Waals surface area contributed by atoms with Crippen LogP contribution in [0.3, 0.4) is 0 Å². The number of methoxy groups -OCH3 is 1. The van der Waals surface area contributed by atoms with Crippen molar-refractivity contribution in [3.63, 3.8) is 0 Å². The largest absolute Gasteiger partial charge is 0.493 e. The number of nitrogens with one attached hydrogen (secondary N) is 1. The van der Waals surface area contributed by atoms with Crippen LogP contribution < -0.4 is 14.8 Å². The van der Waals surface area contributed by atoms with Crippen LogP contribution in [0.25, 0.3) is 0 Å². The molecule has 2 aromatic carbocycles. The second-order valence-corrected chi connectivity index (χ2v) is 6.33. The maximum atomic E-state index is 12.6. The number of aryl methyl sites for hydroxylation is 1. The van der Waals surface area contributed by atoms with E-state index in [4.69, 9.17) is 9.47 Å². The fourth-order valence-corrected chi connectivity index (χ4v) is 2.67. The zero-order valence-corrected chi connectivity index (χ0v) is 16.2. The highest BCUT2D eigenvalue weighted by Gasteiger charge is 2.19. The Balaban J connectivity index is 1.86. The summed E-state index contributed by atoms with van der Waals surface area (Å²) in [4.78, 5) is 23.3. The Bertz CT molecular complexity index is 1050. The Morgan fingerprint density at radius 3 is 2.55 bits per heavy atom. The number of nitro groups is 1. The first-order chi connectivity index (χ1) is 13.9. The molecule has 0 aliphatic rings. The van der Waals surface area contributed by atoms with Crippen LogP contribution in [0, 0.1) is 17.0 Å². The molecule has 0 bridgehead atoms. The molecule has 1 unspecified atom stereocenters. The number of non-ortho nitro benzene ring substituents is 1. The number of hydrogen-bond acceptors (Lipinski definition) is 6. The van der Waals surface area contributed by atoms with Crippen LogP contribution in [-0.2, 0) is 4.79 Å². The van der Waals surface area contributed by atoms with Gasteiger partial charge < -0.3 is 14.8 Å². The van der Waals surface area contributed by atoms with Crippen LogP contribution in [-0.4, -0.2) is 27.7 Å². The molecule has 3 rings (SSSR count). The van der Waals surface area contributed by atoms with Gasteiger partial charge in [-0.1, -0.05) is 12.1 Å². The Kier molecular flexibility index (Phi) is 5.77. The molecule has 1 heterocycles. The summed E-state index contributed by atoms with van der Waals surface area (Å²) >= 11 is 0. The zero-order chi connectivity index (χ0) is 21.0. The van der Waals surface area contributed by atoms with E-state index in [1.54, 1.807) is 43.5 Å². The first-order valence-electron chi connectivity index (χ1n) is 8.80. The number of para-hydroxylation sites is 2. The molecule has 9 nitrogen and oxygen atoms in total. The van der Waals surface area contributed by atoms with Gasteiger partial charge in [0.2, 0.25) is 5.91 Å². The average molecular weight is 396 g/mol. The highest BCUT2D eigenvalue weighted by Crippen LogP contribution is 2.34. The molecule has 0 aliphatic carbocycles. The predicted octanol–water partition coefficient (Wildman–Crippen LogP) is 4.10. The highest BCUT2D eigenvalue weighted by molar-refractivity contribution is 5.94. The summed E-state index contributed by atoms with van der Waals surface area (Å²) in [5, 5.41) is 18.2. The maximum Gasteiger partial charge on any atom is 0.275 e. The van der Waals surface area contributed by atoms with Crippen LogP contribution in [0.15, 0.2) is 54.7 Å². The first kappa shape index (κ1) is 19.9. The van der Waals surface area contributed by atoms with Gasteiger partial charge in [-0.05, 0) is 32.0 Å². The fourth-order valence-electron chi connectivity index (χ4n) is 2.67. The SMILES string of the molecule is COc1ccccc1Oc1cc(NC(=O)C(C)n2ccc(C)n2)cc([N+](=O)[O-])c1. The molecule has 0 saturated carbocycles. The third kappa shape index (κ3) is 4.70. The quantitative estimate of drug-likeness (QED) is 0.476. The molecule has 1 atom stereocenters. The number of rotatable bonds is 7. The number of amides is 1. The molecule has 1 aromatic heterocycles. The molecule has 0 spiro atoms. The number of aromatic nitrogens is 2. The summed E-state index contributed by atoms with van der Waals surface area (Å²) < 4.78 is 12.5. The summed E-state index contributed by atoms with van der Waals surface area (Å²) in [7, 11) is 1.50. The van der Waals surface area contributed by atoms with Gasteiger partial charge in [0.25, 0.3) is 5.69 Å². The summed E-state index contributed by atoms with van der Waals surface area (Å²) in [5.41, 5.74) is 0.813. The van der Waals surface area contributed by atoms with Crippen molar-refractivity contribution in [1.82, 2.24) is 9.78 Å². The Morgan fingerprint density at radius 2 is 1.93 bits per heavy atom. The van der Waals surface area contributed by atoms with Crippen molar-refractivity contribution in [3.8, 4) is 17.2 Å². The van der Waals surface area contributed by atoms with Gasteiger partial charge in [0.1, 0.15) is 11.8 Å². The van der Waals surface area contributed by atoms with Crippen LogP contribution in [0.4, 0.5) is 11.4 Å². The molecular formula is C20H20N4O5. The van der Waals surface area contributed by atoms with Gasteiger partial charge in [-0.15, -0.1) is 0 Å². The third-order valence-corrected chi connectivity index (χ3v) is 4.18. The molecule has 29 heavy (non-hydrogen) atoms. The van der Waals surface area contributed by atoms with Gasteiger partial charge >= 0.3 is 0 Å². The van der Waals surface area contributed by atoms with E-state index >= 15 is 0 Å². The van der Waals surface area contributed by atoms with Crippen molar-refractivity contribution in [2.24, 2.45) is 0 Å². The fraction of sp³-hybridized carbons (Fsp3) is 0.200. The van der Waals surface area contributed by atoms with E-state index in [2.05, 4.69) is 10.4 Å². The minimum Gasteiger partial charge on any atom is -0.493 e. The molecule has 9 heteroatoms. The normalized spacial score (nSPS) is 11.6. The van der Waals surface area contributed by atoms with Crippen molar-refractivity contribution in [2.75, 3.05) is 12.4 Å². The highest BCUT2D eigenvalue weighted by atomic mass is 16.6. The number of carbonyl (C=O) groups excluding carboxylic acids is 1. The van der Waals surface area contributed by atoms with Crippen LogP contribution >= 0.6 is 0 Å². The number of nitrogens with zero attached hydrogens (tertiary/aromatic N) is 3. The number of nitro benzene ring substituents is 1. The number of anilines is 1. The van der Waals surface area contributed by atoms with Gasteiger partial charge in [0.15, 0.2) is 11.5 Å². The Morgan fingerprint density at radius 1 is 1.21 bits per heavy atom. The first-order valence-corrected chi connectivity index (χ1v) is 8.80. The molecule has 0 radical (unpaired) electrons. The van der Waals surface area contributed by atoms with Gasteiger partial charge in [-0.2, -0.15) is 5.10 Å². The molecule has 0 aliphatic heterocycles. The number of benzene rings is 2. The van der Waals surface area contributed by atoms with Gasteiger partial charge in [-0.25, -0.2) is 0 Å². The van der Waals surface area contributed by atoms with Crippen LogP contribution in [0.5, 0.6) is 17.2 Å². The van der Waals surface area contributed by atoms with Crippen molar-refractivity contribution < 1.29 is 19.2 Å². The summed E-state index contributed by atoms with van der Waals surface area (Å²) in [6.07, 6.45) is 1.70. The Labute approximate surface area is 167 Å². The van der Waals surface area contributed by atoms with Crippen LogP contribution in [0.2, 0.25) is 0 Å². The smallest absolute Gasteiger partial charge is 0.275 e. The monoisotopic (exact) mass is 396 g/mol. The lowest BCUT2D eigenvalue weighted by Gasteiger charge is -2.14. The van der Waals surface area contributed by atoms with Gasteiger partial charge in [0, 0.05) is 18.3 Å². The average Bonchev–Trinajstić information content (AvgIpc) is 3.13. The van der Waals surface area contributed by atoms with E-state index in [0.717, 1.165) is 5.69 Å². The predicted molar refractivity (Wildman–Crippen MR) is 106 cm³/mol. The van der Waals surface area contributed by atoms with Crippen molar-refractivity contribution >= 4 is 17.3 Å². The van der Waals surface area contributed by atoms with Crippen molar-refractivity contribution in [2.45, 2.75) is 19.9 Å². The zero-order valence-electron chi connectivity index (χ0n) is 16.2. The molecule has 0 saturated heterocycles. The minimum atomic E-state index is -0.596. The second-order valence-electron chi connectivity index (χ2n) is 6.33. The van der Waals surface area contributed by atoms with Crippen molar-refractivity contribution in [1.29, 1.82) is 0 Å². The topological polar surface area (TPSA) is 109 Å². The van der Waals surface area contributed by atoms with Gasteiger partial charge in [0.05, 0.1) is 29.5 Å². The summed E-state index contributed by atoms with van der Waals surface area (Å²) in [5.74, 6) is 0.707. The number of ether oxygens (including phenoxy) is 2. The third-order valence-electron chi connectivity index (χ3n) is 4.18. The molecule has 1 N–H and O–H groups in total. The van der Waals surface area contributed by atoms with E-state index in [1.807, 2.05) is 6.92 Å². The van der Waals surface area contributed by atoms with E-state index in [0.29, 0.717) is 11.5 Å². The lowest BCUT2D eigenvalue weighted by molar-refractivity contribution is -0.384. The van der Waals surface area contributed by atoms with E-state index in [9.17, 15) is 14.9 Å². The molecule has 150 valence electrons. The van der Waals surface area contributed by atoms with Crippen molar-refractivity contribution in [3.05, 3.63) is 70.5 Å². The maximum absolute atomic E-state index is 12.6. The summed E-state index contributed by atoms with van der Waals surface area (Å²) in [6, 6.07) is 12.2. The number of carbonyl (C=O) groups is 1. The van der Waals surface area contributed by atoms with E-state index < -0.39 is 11.0 Å². The molecular weight excluding hydrogens is 376 g/mol. The molecule has 3 aromatic rings. The lowest BCUT2D eigenvalue weighted by Crippen LogP contribution is -2.24. The Hall–Kier alpha value is -3.88. The van der Waals surface area contributed by atoms with E-state index in [1.165, 1.54) is 30.0 Å². The standard InChI is InChI=1S/C20H20N4O5/c1-13-8-9-23(22-13)14(2)20(25)21-15-10-16(24(26)27)12-17(11-15)29-19-7-5-4-6-18(19)28-3/h4-12,14H,1-3H3,(H,21,25). The number of hydrogen-bond donors (Lipinski definition) is 1. The lowest BCUT2D eigenvalue weighted by atomic mass is 10.2. The minimum absolute atomic E-state index is 0.196. The van der Waals surface area contributed by atoms with E-state index in [-0.39, 0.29) is 23.0 Å². The van der Waals surface area contributed by atoms with Gasteiger partial charge in [-0.3, -0.25) is 19.6 Å². The van der Waals surface area contributed by atoms with Crippen LogP contribution in [0.1, 0.15) is 18.7 Å². The summed E-state index contributed by atoms with van der Waals surface area (Å²) in [6.45, 7) is 3.51. The molecule has 0 fully saturated rings. The second kappa shape index (κ2) is 8.42.